The molecule has 0 radical (unpaired) electrons. The second kappa shape index (κ2) is 4.99. The highest BCUT2D eigenvalue weighted by Gasteiger charge is 2.37. The van der Waals surface area contributed by atoms with Crippen LogP contribution in [-0.4, -0.2) is 11.6 Å². The van der Waals surface area contributed by atoms with Gasteiger partial charge < -0.3 is 4.74 Å². The van der Waals surface area contributed by atoms with Crippen LogP contribution >= 0.6 is 0 Å². The van der Waals surface area contributed by atoms with Crippen molar-refractivity contribution < 1.29 is 9.53 Å². The first kappa shape index (κ1) is 16.5. The minimum Gasteiger partial charge on any atom is -0.460 e. The smallest absolute Gasteiger partial charge is 0.310 e. The second-order valence-electron chi connectivity index (χ2n) is 8.22. The van der Waals surface area contributed by atoms with Gasteiger partial charge in [0.1, 0.15) is 5.60 Å². The lowest BCUT2D eigenvalue weighted by atomic mass is 9.72. The Bertz CT molecular complexity index is 258. The summed E-state index contributed by atoms with van der Waals surface area (Å²) in [5.41, 5.74) is -0.330. The molecule has 0 bridgehead atoms. The van der Waals surface area contributed by atoms with Gasteiger partial charge in [-0.25, -0.2) is 0 Å². The Labute approximate surface area is 107 Å². The van der Waals surface area contributed by atoms with E-state index in [1.54, 1.807) is 0 Å². The quantitative estimate of drug-likeness (QED) is 0.670. The fourth-order valence-electron chi connectivity index (χ4n) is 1.73. The van der Waals surface area contributed by atoms with Gasteiger partial charge in [-0.15, -0.1) is 0 Å². The zero-order valence-corrected chi connectivity index (χ0v) is 13.1. The van der Waals surface area contributed by atoms with Gasteiger partial charge in [-0.2, -0.15) is 0 Å². The molecule has 0 spiro atoms. The van der Waals surface area contributed by atoms with Crippen molar-refractivity contribution in [1.29, 1.82) is 0 Å². The minimum atomic E-state index is -0.404. The summed E-state index contributed by atoms with van der Waals surface area (Å²) in [4.78, 5) is 12.3. The first-order chi connectivity index (χ1) is 7.22. The van der Waals surface area contributed by atoms with Crippen LogP contribution in [-0.2, 0) is 9.53 Å². The van der Waals surface area contributed by atoms with E-state index in [1.807, 2.05) is 20.8 Å². The zero-order valence-electron chi connectivity index (χ0n) is 13.1. The molecule has 0 N–H and O–H groups in total. The number of hydrogen-bond donors (Lipinski definition) is 0. The Morgan fingerprint density at radius 3 is 1.59 bits per heavy atom. The highest BCUT2D eigenvalue weighted by molar-refractivity contribution is 5.73. The van der Waals surface area contributed by atoms with E-state index in [9.17, 15) is 4.79 Å². The molecule has 0 rings (SSSR count). The largest absolute Gasteiger partial charge is 0.460 e. The molecule has 0 aromatic heterocycles. The van der Waals surface area contributed by atoms with E-state index in [4.69, 9.17) is 4.74 Å². The molecule has 1 atom stereocenters. The van der Waals surface area contributed by atoms with Gasteiger partial charge in [0.15, 0.2) is 0 Å². The van der Waals surface area contributed by atoms with Gasteiger partial charge in [0, 0.05) is 0 Å². The van der Waals surface area contributed by atoms with Crippen LogP contribution < -0.4 is 0 Å². The Balaban J connectivity index is 4.90. The van der Waals surface area contributed by atoms with Crippen molar-refractivity contribution in [3.8, 4) is 0 Å². The fraction of sp³-hybridized carbons (Fsp3) is 0.933. The normalized spacial score (nSPS) is 15.6. The summed E-state index contributed by atoms with van der Waals surface area (Å²) in [5.74, 6) is -0.123. The number of carbonyl (C=O) groups is 1. The third kappa shape index (κ3) is 7.40. The average molecular weight is 242 g/mol. The number of rotatable bonds is 2. The maximum atomic E-state index is 12.3. The summed E-state index contributed by atoms with van der Waals surface area (Å²) in [5, 5.41) is 0. The Hall–Kier alpha value is -0.530. The molecule has 0 aliphatic rings. The van der Waals surface area contributed by atoms with Crippen LogP contribution in [0.25, 0.3) is 0 Å². The van der Waals surface area contributed by atoms with Gasteiger partial charge >= 0.3 is 5.97 Å². The van der Waals surface area contributed by atoms with Crippen LogP contribution in [0.5, 0.6) is 0 Å². The van der Waals surface area contributed by atoms with Gasteiger partial charge in [-0.05, 0) is 38.0 Å². The molecule has 0 fully saturated rings. The summed E-state index contributed by atoms with van der Waals surface area (Å²) in [6.07, 6.45) is 0.853. The van der Waals surface area contributed by atoms with E-state index in [0.717, 1.165) is 6.42 Å². The van der Waals surface area contributed by atoms with Crippen molar-refractivity contribution in [2.24, 2.45) is 16.7 Å². The van der Waals surface area contributed by atoms with Crippen LogP contribution in [0.2, 0.25) is 0 Å². The zero-order chi connectivity index (χ0) is 14.1. The van der Waals surface area contributed by atoms with Crippen molar-refractivity contribution in [3.05, 3.63) is 0 Å². The summed E-state index contributed by atoms with van der Waals surface area (Å²) >= 11 is 0. The van der Waals surface area contributed by atoms with E-state index in [-0.39, 0.29) is 22.7 Å². The monoisotopic (exact) mass is 242 g/mol. The Morgan fingerprint density at radius 1 is 0.941 bits per heavy atom. The molecular formula is C15H30O2. The molecule has 2 heteroatoms. The first-order valence-corrected chi connectivity index (χ1v) is 6.45. The van der Waals surface area contributed by atoms with Crippen molar-refractivity contribution in [1.82, 2.24) is 0 Å². The van der Waals surface area contributed by atoms with E-state index in [2.05, 4.69) is 41.5 Å². The maximum absolute atomic E-state index is 12.3. The van der Waals surface area contributed by atoms with E-state index < -0.39 is 5.60 Å². The van der Waals surface area contributed by atoms with Crippen LogP contribution in [0.3, 0.4) is 0 Å². The summed E-state index contributed by atoms with van der Waals surface area (Å²) in [6, 6.07) is 0. The van der Waals surface area contributed by atoms with Crippen molar-refractivity contribution in [2.45, 2.75) is 74.3 Å². The second-order valence-corrected chi connectivity index (χ2v) is 8.22. The summed E-state index contributed by atoms with van der Waals surface area (Å²) in [6.45, 7) is 18.6. The number of carbonyl (C=O) groups excluding carboxylic acids is 1. The van der Waals surface area contributed by atoms with Crippen LogP contribution in [0.1, 0.15) is 68.7 Å². The highest BCUT2D eigenvalue weighted by atomic mass is 16.6. The highest BCUT2D eigenvalue weighted by Crippen LogP contribution is 2.37. The van der Waals surface area contributed by atoms with Gasteiger partial charge in [-0.1, -0.05) is 41.5 Å². The van der Waals surface area contributed by atoms with E-state index in [0.29, 0.717) is 0 Å². The first-order valence-electron chi connectivity index (χ1n) is 6.45. The lowest BCUT2D eigenvalue weighted by molar-refractivity contribution is -0.165. The third-order valence-corrected chi connectivity index (χ3v) is 2.55. The number of esters is 1. The van der Waals surface area contributed by atoms with Gasteiger partial charge in [-0.3, -0.25) is 4.79 Å². The Morgan fingerprint density at radius 2 is 1.35 bits per heavy atom. The van der Waals surface area contributed by atoms with Crippen LogP contribution in [0, 0.1) is 16.7 Å². The average Bonchev–Trinajstić information content (AvgIpc) is 1.92. The van der Waals surface area contributed by atoms with E-state index >= 15 is 0 Å². The number of ether oxygens (including phenoxy) is 1. The molecule has 0 aliphatic heterocycles. The topological polar surface area (TPSA) is 26.3 Å². The van der Waals surface area contributed by atoms with Crippen LogP contribution in [0.4, 0.5) is 0 Å². The van der Waals surface area contributed by atoms with Gasteiger partial charge in [0.2, 0.25) is 0 Å². The predicted molar refractivity (Wildman–Crippen MR) is 72.9 cm³/mol. The molecule has 2 nitrogen and oxygen atoms in total. The molecule has 0 aromatic carbocycles. The number of hydrogen-bond acceptors (Lipinski definition) is 2. The summed E-state index contributed by atoms with van der Waals surface area (Å²) in [7, 11) is 0. The van der Waals surface area contributed by atoms with Crippen LogP contribution in [0.15, 0.2) is 0 Å². The standard InChI is InChI=1S/C15H30O2/c1-13(2,3)10-11(14(4,5)6)12(16)17-15(7,8)9/h11H,10H2,1-9H3. The third-order valence-electron chi connectivity index (χ3n) is 2.55. The molecule has 0 saturated heterocycles. The van der Waals surface area contributed by atoms with Crippen molar-refractivity contribution in [2.75, 3.05) is 0 Å². The molecule has 1 unspecified atom stereocenters. The van der Waals surface area contributed by atoms with Crippen molar-refractivity contribution >= 4 is 5.97 Å². The molecule has 0 aromatic rings. The van der Waals surface area contributed by atoms with Crippen molar-refractivity contribution in [3.63, 3.8) is 0 Å². The minimum absolute atomic E-state index is 0.0540. The lowest BCUT2D eigenvalue weighted by Gasteiger charge is -2.35. The fourth-order valence-corrected chi connectivity index (χ4v) is 1.73. The maximum Gasteiger partial charge on any atom is 0.310 e. The molecule has 0 saturated carbocycles. The van der Waals surface area contributed by atoms with Gasteiger partial charge in [0.05, 0.1) is 5.92 Å². The molecule has 17 heavy (non-hydrogen) atoms. The summed E-state index contributed by atoms with van der Waals surface area (Å²) < 4.78 is 5.53. The molecule has 0 heterocycles. The lowest BCUT2D eigenvalue weighted by Crippen LogP contribution is -2.37. The molecule has 102 valence electrons. The molecule has 0 amide bonds. The van der Waals surface area contributed by atoms with Gasteiger partial charge in [0.25, 0.3) is 0 Å². The predicted octanol–water partition coefficient (Wildman–Crippen LogP) is 4.43. The van der Waals surface area contributed by atoms with E-state index in [1.165, 1.54) is 0 Å². The Kier molecular flexibility index (Phi) is 4.84. The molecular weight excluding hydrogens is 212 g/mol. The SMILES string of the molecule is CC(C)(C)CC(C(=O)OC(C)(C)C)C(C)(C)C. The molecule has 0 aliphatic carbocycles.